The van der Waals surface area contributed by atoms with Crippen molar-refractivity contribution in [3.05, 3.63) is 76.6 Å². The van der Waals surface area contributed by atoms with E-state index < -0.39 is 0 Å². The van der Waals surface area contributed by atoms with Gasteiger partial charge in [-0.05, 0) is 82.1 Å². The first kappa shape index (κ1) is 22.3. The van der Waals surface area contributed by atoms with Gasteiger partial charge in [-0.2, -0.15) is 0 Å². The van der Waals surface area contributed by atoms with E-state index in [1.165, 1.54) is 3.57 Å². The summed E-state index contributed by atoms with van der Waals surface area (Å²) in [6.07, 6.45) is 3.89. The van der Waals surface area contributed by atoms with E-state index in [0.717, 1.165) is 33.7 Å². The second-order valence-corrected chi connectivity index (χ2v) is 9.80. The Kier molecular flexibility index (Phi) is 6.48. The lowest BCUT2D eigenvalue weighted by Crippen LogP contribution is -2.40. The van der Waals surface area contributed by atoms with Gasteiger partial charge in [0.15, 0.2) is 0 Å². The quantitative estimate of drug-likeness (QED) is 0.288. The normalized spacial score (nSPS) is 11.5. The van der Waals surface area contributed by atoms with Gasteiger partial charge in [0, 0.05) is 27.6 Å². The first-order chi connectivity index (χ1) is 15.3. The molecule has 2 amide bonds. The molecule has 0 aliphatic carbocycles. The lowest BCUT2D eigenvalue weighted by atomic mass is 9.94. The molecule has 32 heavy (non-hydrogen) atoms. The number of nitrogens with one attached hydrogen (secondary N) is 2. The summed E-state index contributed by atoms with van der Waals surface area (Å²) in [6.45, 7) is 5.04. The van der Waals surface area contributed by atoms with Crippen molar-refractivity contribution >= 4 is 40.0 Å². The van der Waals surface area contributed by atoms with Gasteiger partial charge < -0.3 is 16.4 Å². The number of hydrogen-bond acceptors (Lipinski definition) is 3. The lowest BCUT2D eigenvalue weighted by molar-refractivity contribution is 0.245. The summed E-state index contributed by atoms with van der Waals surface area (Å²) in [6, 6.07) is 20.1. The molecule has 4 rings (SSSR count). The molecule has 164 valence electrons. The minimum absolute atomic E-state index is 0.146. The van der Waals surface area contributed by atoms with E-state index in [1.807, 2.05) is 50.5 Å². The molecule has 6 nitrogen and oxygen atoms in total. The van der Waals surface area contributed by atoms with E-state index >= 15 is 0 Å². The Balaban J connectivity index is 1.54. The summed E-state index contributed by atoms with van der Waals surface area (Å²) in [5, 5.41) is 5.79. The highest BCUT2D eigenvalue weighted by Gasteiger charge is 2.16. The molecular weight excluding hydrogens is 513 g/mol. The number of pyridine rings is 1. The number of nitrogens with two attached hydrogens (primary N) is 1. The number of urea groups is 1. The number of benzene rings is 2. The van der Waals surface area contributed by atoms with E-state index in [1.54, 1.807) is 0 Å². The van der Waals surface area contributed by atoms with Crippen LogP contribution in [0, 0.1) is 8.99 Å². The number of aromatic nitrogens is 2. The molecule has 4 N–H and O–H groups in total. The van der Waals surface area contributed by atoms with E-state index in [9.17, 15) is 4.79 Å². The summed E-state index contributed by atoms with van der Waals surface area (Å²) in [5.74, 6) is 0. The first-order valence-corrected chi connectivity index (χ1v) is 11.5. The molecule has 0 fully saturated rings. The number of carbonyl (C=O) groups is 1. The van der Waals surface area contributed by atoms with Gasteiger partial charge in [-0.1, -0.05) is 38.1 Å². The Hall–Kier alpha value is -2.91. The van der Waals surface area contributed by atoms with Crippen LogP contribution in [0.15, 0.2) is 73.1 Å². The van der Waals surface area contributed by atoms with Gasteiger partial charge in [-0.3, -0.25) is 4.40 Å². The smallest absolute Gasteiger partial charge is 0.319 e. The Morgan fingerprint density at radius 1 is 1.06 bits per heavy atom. The van der Waals surface area contributed by atoms with Crippen molar-refractivity contribution in [2.24, 2.45) is 11.1 Å². The average molecular weight is 539 g/mol. The van der Waals surface area contributed by atoms with Crippen LogP contribution in [-0.4, -0.2) is 28.5 Å². The van der Waals surface area contributed by atoms with Gasteiger partial charge in [0.05, 0.1) is 11.9 Å². The van der Waals surface area contributed by atoms with Crippen LogP contribution in [0.3, 0.4) is 0 Å². The molecule has 0 saturated heterocycles. The van der Waals surface area contributed by atoms with Crippen LogP contribution < -0.4 is 16.4 Å². The maximum Gasteiger partial charge on any atom is 0.319 e. The predicted octanol–water partition coefficient (Wildman–Crippen LogP) is 5.38. The highest BCUT2D eigenvalue weighted by atomic mass is 127. The molecule has 0 atom stereocenters. The van der Waals surface area contributed by atoms with Crippen LogP contribution in [0.25, 0.3) is 28.0 Å². The molecule has 0 radical (unpaired) electrons. The molecule has 0 bridgehead atoms. The zero-order valence-electron chi connectivity index (χ0n) is 18.1. The zero-order chi connectivity index (χ0) is 22.7. The molecule has 2 aromatic carbocycles. The van der Waals surface area contributed by atoms with Crippen LogP contribution in [0.2, 0.25) is 0 Å². The Bertz CT molecular complexity index is 1250. The van der Waals surface area contributed by atoms with E-state index in [4.69, 9.17) is 5.73 Å². The Labute approximate surface area is 201 Å². The summed E-state index contributed by atoms with van der Waals surface area (Å²) in [4.78, 5) is 16.9. The molecule has 2 heterocycles. The van der Waals surface area contributed by atoms with Gasteiger partial charge in [-0.25, -0.2) is 9.78 Å². The van der Waals surface area contributed by atoms with Gasteiger partial charge in [0.1, 0.15) is 5.65 Å². The highest BCUT2D eigenvalue weighted by molar-refractivity contribution is 14.1. The fourth-order valence-corrected chi connectivity index (χ4v) is 3.70. The van der Waals surface area contributed by atoms with Gasteiger partial charge in [-0.15, -0.1) is 0 Å². The van der Waals surface area contributed by atoms with Crippen molar-refractivity contribution in [3.63, 3.8) is 0 Å². The molecule has 4 aromatic rings. The van der Waals surface area contributed by atoms with Gasteiger partial charge in [0.2, 0.25) is 0 Å². The minimum atomic E-state index is -0.246. The van der Waals surface area contributed by atoms with Crippen LogP contribution in [0.1, 0.15) is 13.8 Å². The lowest BCUT2D eigenvalue weighted by Gasteiger charge is -2.22. The monoisotopic (exact) mass is 539 g/mol. The summed E-state index contributed by atoms with van der Waals surface area (Å²) >= 11 is 2.31. The van der Waals surface area contributed by atoms with Crippen LogP contribution in [0.4, 0.5) is 10.5 Å². The SMILES string of the molecule is CC(C)(CN)CNC(=O)Nc1cccc(-c2cnc3cc(-c4ccc(I)cc4)ccn23)c1. The van der Waals surface area contributed by atoms with Crippen molar-refractivity contribution in [1.29, 1.82) is 0 Å². The van der Waals surface area contributed by atoms with Crippen LogP contribution in [0.5, 0.6) is 0 Å². The van der Waals surface area contributed by atoms with Crippen molar-refractivity contribution in [1.82, 2.24) is 14.7 Å². The standard InChI is InChI=1S/C25H26IN5O/c1-25(2,15-27)16-29-24(32)30-21-5-3-4-19(12-21)22-14-28-23-13-18(10-11-31(22)23)17-6-8-20(26)9-7-17/h3-14H,15-16,27H2,1-2H3,(H2,29,30,32). The fraction of sp³-hybridized carbons (Fsp3) is 0.200. The molecule has 7 heteroatoms. The van der Waals surface area contributed by atoms with E-state index in [-0.39, 0.29) is 11.4 Å². The molecule has 0 unspecified atom stereocenters. The summed E-state index contributed by atoms with van der Waals surface area (Å²) in [7, 11) is 0. The number of amides is 2. The number of rotatable bonds is 6. The number of halogens is 1. The summed E-state index contributed by atoms with van der Waals surface area (Å²) in [5.41, 5.74) is 11.4. The van der Waals surface area contributed by atoms with E-state index in [0.29, 0.717) is 13.1 Å². The second kappa shape index (κ2) is 9.30. The van der Waals surface area contributed by atoms with Gasteiger partial charge in [0.25, 0.3) is 0 Å². The molecule has 0 aliphatic rings. The van der Waals surface area contributed by atoms with Crippen LogP contribution >= 0.6 is 22.6 Å². The maximum absolute atomic E-state index is 12.3. The van der Waals surface area contributed by atoms with E-state index in [2.05, 4.69) is 79.0 Å². The molecule has 0 saturated carbocycles. The topological polar surface area (TPSA) is 84.4 Å². The third-order valence-electron chi connectivity index (χ3n) is 5.39. The fourth-order valence-electron chi connectivity index (χ4n) is 3.34. The number of nitrogens with zero attached hydrogens (tertiary/aromatic N) is 2. The van der Waals surface area contributed by atoms with Crippen molar-refractivity contribution in [3.8, 4) is 22.4 Å². The minimum Gasteiger partial charge on any atom is -0.337 e. The number of carbonyl (C=O) groups excluding carboxylic acids is 1. The largest absolute Gasteiger partial charge is 0.337 e. The average Bonchev–Trinajstić information content (AvgIpc) is 3.22. The maximum atomic E-state index is 12.3. The molecular formula is C25H26IN5O. The van der Waals surface area contributed by atoms with Crippen molar-refractivity contribution < 1.29 is 4.79 Å². The number of fused-ring (bicyclic) bond motifs is 1. The Morgan fingerprint density at radius 3 is 2.59 bits per heavy atom. The summed E-state index contributed by atoms with van der Waals surface area (Å²) < 4.78 is 3.26. The zero-order valence-corrected chi connectivity index (χ0v) is 20.3. The Morgan fingerprint density at radius 2 is 1.84 bits per heavy atom. The highest BCUT2D eigenvalue weighted by Crippen LogP contribution is 2.27. The predicted molar refractivity (Wildman–Crippen MR) is 139 cm³/mol. The molecule has 2 aromatic heterocycles. The third kappa shape index (κ3) is 5.11. The van der Waals surface area contributed by atoms with Crippen LogP contribution in [-0.2, 0) is 0 Å². The third-order valence-corrected chi connectivity index (χ3v) is 6.11. The molecule has 0 spiro atoms. The second-order valence-electron chi connectivity index (χ2n) is 8.55. The number of anilines is 1. The number of imidazole rings is 1. The molecule has 0 aliphatic heterocycles. The first-order valence-electron chi connectivity index (χ1n) is 10.4. The van der Waals surface area contributed by atoms with Gasteiger partial charge >= 0.3 is 6.03 Å². The number of hydrogen-bond donors (Lipinski definition) is 3. The van der Waals surface area contributed by atoms with Crippen molar-refractivity contribution in [2.75, 3.05) is 18.4 Å². The van der Waals surface area contributed by atoms with Crippen molar-refractivity contribution in [2.45, 2.75) is 13.8 Å².